The summed E-state index contributed by atoms with van der Waals surface area (Å²) in [6.07, 6.45) is -4.31. The minimum absolute atomic E-state index is 0.00558. The number of nitrogens with zero attached hydrogens (tertiary/aromatic N) is 1. The van der Waals surface area contributed by atoms with Crippen molar-refractivity contribution in [2.24, 2.45) is 11.8 Å². The number of methoxy groups -OCH3 is 1. The number of carbonyl (C=O) groups is 4. The highest BCUT2D eigenvalue weighted by Crippen LogP contribution is 2.38. The average Bonchev–Trinajstić information content (AvgIpc) is 3.85. The predicted molar refractivity (Wildman–Crippen MR) is 199 cm³/mol. The molecule has 3 saturated heterocycles. The monoisotopic (exact) mass is 799 g/mol. The summed E-state index contributed by atoms with van der Waals surface area (Å²) >= 11 is 0. The molecule has 0 saturated carbocycles. The lowest BCUT2D eigenvalue weighted by Gasteiger charge is -2.48. The maximum absolute atomic E-state index is 13.4. The fourth-order valence-electron chi connectivity index (χ4n) is 8.24. The molecule has 2 N–H and O–H groups in total. The molecule has 0 bridgehead atoms. The third-order valence-electron chi connectivity index (χ3n) is 11.2. The highest BCUT2D eigenvalue weighted by molar-refractivity contribution is 5.72. The minimum Gasteiger partial charge on any atom is -0.462 e. The zero-order valence-corrected chi connectivity index (χ0v) is 34.6. The van der Waals surface area contributed by atoms with Gasteiger partial charge in [0.1, 0.15) is 42.4 Å². The van der Waals surface area contributed by atoms with Crippen LogP contribution in [0.3, 0.4) is 0 Å². The van der Waals surface area contributed by atoms with Crippen LogP contribution in [-0.4, -0.2) is 152 Å². The van der Waals surface area contributed by atoms with E-state index in [9.17, 15) is 29.4 Å². The summed E-state index contributed by atoms with van der Waals surface area (Å²) in [4.78, 5) is 52.2. The first-order chi connectivity index (χ1) is 26.4. The smallest absolute Gasteiger partial charge is 0.309 e. The van der Waals surface area contributed by atoms with Crippen molar-refractivity contribution < 1.29 is 72.0 Å². The largest absolute Gasteiger partial charge is 0.462 e. The van der Waals surface area contributed by atoms with E-state index in [4.69, 9.17) is 42.6 Å². The van der Waals surface area contributed by atoms with E-state index in [1.807, 2.05) is 38.9 Å². The number of aliphatic hydroxyl groups is 2. The summed E-state index contributed by atoms with van der Waals surface area (Å²) in [6, 6.07) is -0.306. The molecule has 0 aliphatic carbocycles. The van der Waals surface area contributed by atoms with Gasteiger partial charge in [-0.1, -0.05) is 26.0 Å². The standard InChI is InChI=1S/C40H65NO15/c1-11-32(45)54-31-19-33(46)49-22(3)17-30-29(53-30)13-12-28(44)21(2)16-26(14-15-42)37(38(31)48-10)55-34-18-27(41(8)9)36(23(4)50-34)56-35-20-40(7,47)39(24(5)51-35)52-25(6)43/h12-13,15,21-24,26-31,34-39,44,47H,11,14,16-20H2,1-10H3. The van der Waals surface area contributed by atoms with Gasteiger partial charge in [-0.25, -0.2) is 0 Å². The van der Waals surface area contributed by atoms with Crippen LogP contribution in [0, 0.1) is 11.8 Å². The van der Waals surface area contributed by atoms with Gasteiger partial charge in [-0.2, -0.15) is 0 Å². The molecule has 56 heavy (non-hydrogen) atoms. The predicted octanol–water partition coefficient (Wildman–Crippen LogP) is 2.62. The molecular weight excluding hydrogens is 734 g/mol. The number of fused-ring (bicyclic) bond motifs is 1. The fourth-order valence-corrected chi connectivity index (χ4v) is 8.24. The second kappa shape index (κ2) is 20.4. The Balaban J connectivity index is 1.64. The number of carbonyl (C=O) groups excluding carboxylic acids is 4. The van der Waals surface area contributed by atoms with E-state index in [0.717, 1.165) is 6.29 Å². The lowest BCUT2D eigenvalue weighted by Crippen LogP contribution is -2.61. The third-order valence-corrected chi connectivity index (χ3v) is 11.2. The average molecular weight is 800 g/mol. The van der Waals surface area contributed by atoms with Gasteiger partial charge in [0.2, 0.25) is 0 Å². The van der Waals surface area contributed by atoms with Crippen molar-refractivity contribution in [1.82, 2.24) is 4.90 Å². The van der Waals surface area contributed by atoms with Crippen molar-refractivity contribution in [3.05, 3.63) is 12.2 Å². The number of hydrogen-bond donors (Lipinski definition) is 2. The molecule has 0 spiro atoms. The van der Waals surface area contributed by atoms with Crippen molar-refractivity contribution in [2.75, 3.05) is 21.2 Å². The van der Waals surface area contributed by atoms with E-state index in [2.05, 4.69) is 0 Å². The zero-order chi connectivity index (χ0) is 41.5. The van der Waals surface area contributed by atoms with Gasteiger partial charge in [0.15, 0.2) is 18.7 Å². The highest BCUT2D eigenvalue weighted by Gasteiger charge is 2.50. The van der Waals surface area contributed by atoms with Gasteiger partial charge in [0.25, 0.3) is 0 Å². The van der Waals surface area contributed by atoms with Crippen LogP contribution in [0.15, 0.2) is 12.2 Å². The number of cyclic esters (lactones) is 1. The first kappa shape index (κ1) is 46.2. The third kappa shape index (κ3) is 12.5. The van der Waals surface area contributed by atoms with Gasteiger partial charge in [-0.05, 0) is 60.0 Å². The number of rotatable bonds is 11. The van der Waals surface area contributed by atoms with Crippen LogP contribution in [0.5, 0.6) is 0 Å². The molecule has 0 aromatic carbocycles. The van der Waals surface area contributed by atoms with Crippen LogP contribution in [-0.2, 0) is 61.8 Å². The topological polar surface area (TPSA) is 198 Å². The Morgan fingerprint density at radius 2 is 1.64 bits per heavy atom. The summed E-state index contributed by atoms with van der Waals surface area (Å²) in [7, 11) is 5.21. The van der Waals surface area contributed by atoms with Crippen LogP contribution >= 0.6 is 0 Å². The highest BCUT2D eigenvalue weighted by atomic mass is 16.7. The molecule has 0 aromatic rings. The number of aldehydes is 1. The molecular formula is C40H65NO15. The summed E-state index contributed by atoms with van der Waals surface area (Å²) in [6.45, 7) is 11.7. The van der Waals surface area contributed by atoms with E-state index < -0.39 is 96.9 Å². The van der Waals surface area contributed by atoms with Gasteiger partial charge in [0.05, 0.1) is 36.9 Å². The number of hydrogen-bond acceptors (Lipinski definition) is 16. The fraction of sp³-hybridized carbons (Fsp3) is 0.850. The second-order valence-electron chi connectivity index (χ2n) is 16.3. The van der Waals surface area contributed by atoms with E-state index in [1.54, 1.807) is 33.8 Å². The Hall–Kier alpha value is -2.54. The van der Waals surface area contributed by atoms with Crippen LogP contribution < -0.4 is 0 Å². The molecule has 4 heterocycles. The van der Waals surface area contributed by atoms with Crippen molar-refractivity contribution in [2.45, 2.75) is 185 Å². The first-order valence-electron chi connectivity index (χ1n) is 19.9. The SMILES string of the molecule is CCC(=O)OC1CC(=O)OC(C)CC2OC2C=CC(O)C(C)CC(CC=O)C(OC2CC(N(C)C)C(OC3CC(C)(O)C(OC(C)=O)C(C)O3)C(C)O2)C1OC. The molecule has 0 radical (unpaired) electrons. The Morgan fingerprint density at radius 1 is 0.964 bits per heavy atom. The Morgan fingerprint density at radius 3 is 2.25 bits per heavy atom. The second-order valence-corrected chi connectivity index (χ2v) is 16.3. The summed E-state index contributed by atoms with van der Waals surface area (Å²) in [5.74, 6) is -2.62. The molecule has 17 unspecified atom stereocenters. The first-order valence-corrected chi connectivity index (χ1v) is 19.9. The van der Waals surface area contributed by atoms with E-state index >= 15 is 0 Å². The number of aliphatic hydroxyl groups excluding tert-OH is 1. The maximum atomic E-state index is 13.4. The summed E-state index contributed by atoms with van der Waals surface area (Å²) < 4.78 is 54.7. The molecule has 16 heteroatoms. The van der Waals surface area contributed by atoms with Crippen molar-refractivity contribution in [1.29, 1.82) is 0 Å². The van der Waals surface area contributed by atoms with E-state index in [0.29, 0.717) is 12.8 Å². The number of ether oxygens (including phenoxy) is 9. The molecule has 3 fully saturated rings. The minimum atomic E-state index is -1.42. The molecule has 320 valence electrons. The normalized spacial score (nSPS) is 42.6. The van der Waals surface area contributed by atoms with Gasteiger partial charge >= 0.3 is 17.9 Å². The van der Waals surface area contributed by atoms with E-state index in [1.165, 1.54) is 14.0 Å². The van der Waals surface area contributed by atoms with Crippen molar-refractivity contribution in [3.8, 4) is 0 Å². The number of likely N-dealkylation sites (N-methyl/N-ethyl adjacent to an activating group) is 1. The Kier molecular flexibility index (Phi) is 16.8. The summed E-state index contributed by atoms with van der Waals surface area (Å²) in [5, 5.41) is 22.4. The van der Waals surface area contributed by atoms with Crippen LogP contribution in [0.1, 0.15) is 93.4 Å². The van der Waals surface area contributed by atoms with Crippen LogP contribution in [0.2, 0.25) is 0 Å². The Labute approximate surface area is 330 Å². The van der Waals surface area contributed by atoms with Gasteiger partial charge in [-0.3, -0.25) is 14.4 Å². The molecule has 4 rings (SSSR count). The lowest BCUT2D eigenvalue weighted by molar-refractivity contribution is -0.325. The summed E-state index contributed by atoms with van der Waals surface area (Å²) in [5.41, 5.74) is -1.42. The van der Waals surface area contributed by atoms with E-state index in [-0.39, 0.29) is 56.3 Å². The molecule has 16 nitrogen and oxygen atoms in total. The van der Waals surface area contributed by atoms with Crippen LogP contribution in [0.4, 0.5) is 0 Å². The molecule has 4 aliphatic rings. The zero-order valence-electron chi connectivity index (χ0n) is 34.6. The van der Waals surface area contributed by atoms with Gasteiger partial charge in [0, 0.05) is 52.2 Å². The maximum Gasteiger partial charge on any atom is 0.309 e. The molecule has 4 aliphatic heterocycles. The van der Waals surface area contributed by atoms with Gasteiger partial charge in [-0.15, -0.1) is 0 Å². The lowest BCUT2D eigenvalue weighted by atomic mass is 9.82. The molecule has 0 amide bonds. The van der Waals surface area contributed by atoms with Gasteiger partial charge < -0.3 is 62.5 Å². The quantitative estimate of drug-likeness (QED) is 0.102. The number of epoxide rings is 1. The number of esters is 3. The Bertz CT molecular complexity index is 1340. The molecule has 17 atom stereocenters. The van der Waals surface area contributed by atoms with Crippen molar-refractivity contribution in [3.63, 3.8) is 0 Å². The molecule has 0 aromatic heterocycles. The van der Waals surface area contributed by atoms with Crippen molar-refractivity contribution >= 4 is 24.2 Å². The van der Waals surface area contributed by atoms with Crippen LogP contribution in [0.25, 0.3) is 0 Å².